The molecule has 0 aromatic heterocycles. The van der Waals surface area contributed by atoms with E-state index in [4.69, 9.17) is 10.5 Å². The van der Waals surface area contributed by atoms with Gasteiger partial charge in [0, 0.05) is 18.8 Å². The molecule has 0 atom stereocenters. The van der Waals surface area contributed by atoms with Crippen LogP contribution in [0.25, 0.3) is 0 Å². The fraction of sp³-hybridized carbons (Fsp3) is 0.533. The number of nitrogens with zero attached hydrogens (tertiary/aromatic N) is 1. The second-order valence-corrected chi connectivity index (χ2v) is 4.58. The van der Waals surface area contributed by atoms with Crippen LogP contribution in [0.15, 0.2) is 18.2 Å². The first-order valence-electron chi connectivity index (χ1n) is 6.84. The van der Waals surface area contributed by atoms with Gasteiger partial charge in [0.15, 0.2) is 0 Å². The average Bonchev–Trinajstić information content (AvgIpc) is 2.40. The summed E-state index contributed by atoms with van der Waals surface area (Å²) in [7, 11) is 2.01. The summed E-state index contributed by atoms with van der Waals surface area (Å²) in [5.41, 5.74) is 7.76. The highest BCUT2D eigenvalue weighted by atomic mass is 16.5. The second-order valence-electron chi connectivity index (χ2n) is 4.58. The molecule has 106 valence electrons. The largest absolute Gasteiger partial charge is 0.462 e. The zero-order valence-corrected chi connectivity index (χ0v) is 12.3. The van der Waals surface area contributed by atoms with Crippen molar-refractivity contribution < 1.29 is 9.53 Å². The molecule has 0 amide bonds. The Labute approximate surface area is 115 Å². The summed E-state index contributed by atoms with van der Waals surface area (Å²) >= 11 is 0. The van der Waals surface area contributed by atoms with E-state index < -0.39 is 0 Å². The number of carbonyl (C=O) groups is 1. The number of benzene rings is 1. The minimum absolute atomic E-state index is 0.317. The maximum Gasteiger partial charge on any atom is 0.340 e. The van der Waals surface area contributed by atoms with E-state index in [2.05, 4.69) is 18.7 Å². The zero-order chi connectivity index (χ0) is 14.4. The highest BCUT2D eigenvalue weighted by Crippen LogP contribution is 2.26. The molecule has 0 aliphatic carbocycles. The van der Waals surface area contributed by atoms with Gasteiger partial charge in [0.1, 0.15) is 0 Å². The van der Waals surface area contributed by atoms with Gasteiger partial charge >= 0.3 is 5.97 Å². The highest BCUT2D eigenvalue weighted by Gasteiger charge is 2.19. The van der Waals surface area contributed by atoms with E-state index in [1.807, 2.05) is 19.2 Å². The normalized spacial score (nSPS) is 10.6. The number of hydrogen-bond donors (Lipinski definition) is 1. The summed E-state index contributed by atoms with van der Waals surface area (Å²) in [6.45, 7) is 6.45. The Hall–Kier alpha value is -1.71. The Morgan fingerprint density at radius 1 is 1.32 bits per heavy atom. The number of anilines is 2. The number of hydrogen-bond acceptors (Lipinski definition) is 4. The molecule has 0 unspecified atom stereocenters. The van der Waals surface area contributed by atoms with Crippen LogP contribution in [0.3, 0.4) is 0 Å². The Balaban J connectivity index is 3.15. The minimum Gasteiger partial charge on any atom is -0.462 e. The molecule has 1 rings (SSSR count). The monoisotopic (exact) mass is 264 g/mol. The molecule has 0 saturated heterocycles. The maximum absolute atomic E-state index is 12.0. The Bertz CT molecular complexity index is 428. The number of esters is 1. The van der Waals surface area contributed by atoms with Crippen LogP contribution in [-0.4, -0.2) is 25.7 Å². The molecule has 0 fully saturated rings. The number of carbonyl (C=O) groups excluding carboxylic acids is 1. The number of ether oxygens (including phenoxy) is 1. The van der Waals surface area contributed by atoms with E-state index in [9.17, 15) is 4.79 Å². The fourth-order valence-corrected chi connectivity index (χ4v) is 2.27. The lowest BCUT2D eigenvalue weighted by molar-refractivity contribution is 0.0527. The second kappa shape index (κ2) is 7.02. The Morgan fingerprint density at radius 3 is 2.47 bits per heavy atom. The molecule has 0 saturated carbocycles. The maximum atomic E-state index is 12.0. The van der Waals surface area contributed by atoms with Crippen molar-refractivity contribution in [3.05, 3.63) is 23.8 Å². The van der Waals surface area contributed by atoms with E-state index in [0.717, 1.165) is 18.5 Å². The van der Waals surface area contributed by atoms with E-state index in [1.165, 1.54) is 0 Å². The van der Waals surface area contributed by atoms with Crippen LogP contribution < -0.4 is 10.6 Å². The van der Waals surface area contributed by atoms with Gasteiger partial charge in [-0.15, -0.1) is 0 Å². The molecular formula is C15H24N2O2. The van der Waals surface area contributed by atoms with Gasteiger partial charge in [-0.05, 0) is 38.0 Å². The first-order chi connectivity index (χ1) is 9.04. The van der Waals surface area contributed by atoms with Gasteiger partial charge in [0.25, 0.3) is 0 Å². The summed E-state index contributed by atoms with van der Waals surface area (Å²) < 4.78 is 5.10. The van der Waals surface area contributed by atoms with Crippen molar-refractivity contribution in [2.75, 3.05) is 24.3 Å². The molecule has 4 heteroatoms. The third-order valence-corrected chi connectivity index (χ3v) is 3.39. The van der Waals surface area contributed by atoms with Gasteiger partial charge in [-0.1, -0.05) is 13.8 Å². The fourth-order valence-electron chi connectivity index (χ4n) is 2.27. The predicted molar refractivity (Wildman–Crippen MR) is 79.6 cm³/mol. The lowest BCUT2D eigenvalue weighted by atomic mass is 10.1. The van der Waals surface area contributed by atoms with Gasteiger partial charge < -0.3 is 15.4 Å². The number of rotatable bonds is 6. The summed E-state index contributed by atoms with van der Waals surface area (Å²) in [5, 5.41) is 0. The Kier molecular flexibility index (Phi) is 5.67. The molecule has 2 N–H and O–H groups in total. The summed E-state index contributed by atoms with van der Waals surface area (Å²) in [6, 6.07) is 5.79. The lowest BCUT2D eigenvalue weighted by Crippen LogP contribution is -2.31. The first-order valence-corrected chi connectivity index (χ1v) is 6.84. The quantitative estimate of drug-likeness (QED) is 0.633. The van der Waals surface area contributed by atoms with Crippen LogP contribution in [0.1, 0.15) is 44.0 Å². The predicted octanol–water partition coefficient (Wildman–Crippen LogP) is 3.07. The third kappa shape index (κ3) is 3.63. The molecule has 1 aromatic carbocycles. The van der Waals surface area contributed by atoms with Crippen molar-refractivity contribution in [1.29, 1.82) is 0 Å². The molecule has 0 aliphatic heterocycles. The summed E-state index contributed by atoms with van der Waals surface area (Å²) in [4.78, 5) is 14.1. The molecule has 1 aromatic rings. The van der Waals surface area contributed by atoms with Crippen LogP contribution in [0.4, 0.5) is 11.4 Å². The Morgan fingerprint density at radius 2 is 1.95 bits per heavy atom. The van der Waals surface area contributed by atoms with Crippen molar-refractivity contribution in [2.24, 2.45) is 0 Å². The van der Waals surface area contributed by atoms with E-state index >= 15 is 0 Å². The van der Waals surface area contributed by atoms with Crippen molar-refractivity contribution in [2.45, 2.75) is 39.7 Å². The highest BCUT2D eigenvalue weighted by molar-refractivity contribution is 5.97. The van der Waals surface area contributed by atoms with E-state index in [0.29, 0.717) is 23.9 Å². The first kappa shape index (κ1) is 15.3. The van der Waals surface area contributed by atoms with Crippen LogP contribution in [-0.2, 0) is 4.74 Å². The number of nitrogen functional groups attached to an aromatic ring is 1. The SMILES string of the molecule is CCOC(=O)c1cc(N)ccc1N(C)C(CC)CC. The molecule has 0 bridgehead atoms. The van der Waals surface area contributed by atoms with Gasteiger partial charge in [0.2, 0.25) is 0 Å². The van der Waals surface area contributed by atoms with Crippen molar-refractivity contribution >= 4 is 17.3 Å². The van der Waals surface area contributed by atoms with Gasteiger partial charge in [-0.3, -0.25) is 0 Å². The van der Waals surface area contributed by atoms with Gasteiger partial charge in [0.05, 0.1) is 17.9 Å². The molecule has 19 heavy (non-hydrogen) atoms. The number of nitrogens with two attached hydrogens (primary N) is 1. The van der Waals surface area contributed by atoms with Crippen molar-refractivity contribution in [1.82, 2.24) is 0 Å². The van der Waals surface area contributed by atoms with Gasteiger partial charge in [-0.2, -0.15) is 0 Å². The van der Waals surface area contributed by atoms with E-state index in [-0.39, 0.29) is 5.97 Å². The molecule has 0 heterocycles. The zero-order valence-electron chi connectivity index (χ0n) is 12.3. The van der Waals surface area contributed by atoms with Crippen LogP contribution in [0.2, 0.25) is 0 Å². The molecule has 0 radical (unpaired) electrons. The molecule has 4 nitrogen and oxygen atoms in total. The van der Waals surface area contributed by atoms with Crippen LogP contribution in [0, 0.1) is 0 Å². The van der Waals surface area contributed by atoms with Crippen LogP contribution in [0.5, 0.6) is 0 Å². The smallest absolute Gasteiger partial charge is 0.340 e. The summed E-state index contributed by atoms with van der Waals surface area (Å²) in [5.74, 6) is -0.317. The van der Waals surface area contributed by atoms with Gasteiger partial charge in [-0.25, -0.2) is 4.79 Å². The summed E-state index contributed by atoms with van der Waals surface area (Å²) in [6.07, 6.45) is 2.05. The van der Waals surface area contributed by atoms with E-state index in [1.54, 1.807) is 13.0 Å². The standard InChI is InChI=1S/C15H24N2O2/c1-5-12(6-2)17(4)14-9-8-11(16)10-13(14)15(18)19-7-3/h8-10,12H,5-7,16H2,1-4H3. The van der Waals surface area contributed by atoms with Crippen LogP contribution >= 0.6 is 0 Å². The lowest BCUT2D eigenvalue weighted by Gasteiger charge is -2.30. The molecule has 0 aliphatic rings. The van der Waals surface area contributed by atoms with Crippen molar-refractivity contribution in [3.63, 3.8) is 0 Å². The average molecular weight is 264 g/mol. The molecular weight excluding hydrogens is 240 g/mol. The topological polar surface area (TPSA) is 55.6 Å². The molecule has 0 spiro atoms. The minimum atomic E-state index is -0.317. The van der Waals surface area contributed by atoms with Crippen molar-refractivity contribution in [3.8, 4) is 0 Å². The third-order valence-electron chi connectivity index (χ3n) is 3.39.